The Kier molecular flexibility index (Phi) is 6.95. The predicted octanol–water partition coefficient (Wildman–Crippen LogP) is -0.278. The Morgan fingerprint density at radius 3 is 2.42 bits per heavy atom. The first-order valence-corrected chi connectivity index (χ1v) is 8.65. The fourth-order valence-corrected chi connectivity index (χ4v) is 3.98. The molecule has 0 spiro atoms. The molecule has 0 aromatic heterocycles. The van der Waals surface area contributed by atoms with Crippen LogP contribution in [0.5, 0.6) is 5.75 Å². The molecule has 2 rings (SSSR count). The van der Waals surface area contributed by atoms with Gasteiger partial charge in [-0.25, -0.2) is 0 Å². The van der Waals surface area contributed by atoms with Gasteiger partial charge in [0.05, 0.1) is 11.0 Å². The van der Waals surface area contributed by atoms with Crippen LogP contribution < -0.4 is 16.6 Å². The molecule has 10 heteroatoms. The number of benzene rings is 1. The number of halogens is 3. The van der Waals surface area contributed by atoms with Crippen molar-refractivity contribution in [2.75, 3.05) is 5.75 Å². The van der Waals surface area contributed by atoms with E-state index in [1.807, 2.05) is 12.1 Å². The van der Waals surface area contributed by atoms with Gasteiger partial charge in [-0.2, -0.15) is 13.2 Å². The molecule has 2 atom stereocenters. The molecule has 0 saturated carbocycles. The number of carbonyl (C=O) groups is 2. The third-order valence-electron chi connectivity index (χ3n) is 4.26. The van der Waals surface area contributed by atoms with Gasteiger partial charge in [-0.1, -0.05) is 19.9 Å². The minimum absolute atomic E-state index is 0.123. The van der Waals surface area contributed by atoms with Gasteiger partial charge in [0, 0.05) is 5.41 Å². The van der Waals surface area contributed by atoms with Crippen molar-refractivity contribution < 1.29 is 38.7 Å². The first-order valence-electron chi connectivity index (χ1n) is 7.60. The summed E-state index contributed by atoms with van der Waals surface area (Å²) < 4.78 is 31.5. The minimum atomic E-state index is -5.19. The molecular formula is C16H21F3N2O4S. The fraction of sp³-hybridized carbons (Fsp3) is 0.500. The molecule has 0 aliphatic heterocycles. The smallest absolute Gasteiger partial charge is 0.430 e. The van der Waals surface area contributed by atoms with Crippen molar-refractivity contribution >= 4 is 23.6 Å². The maximum Gasteiger partial charge on any atom is 0.430 e. The van der Waals surface area contributed by atoms with Crippen LogP contribution in [0, 0.1) is 0 Å². The summed E-state index contributed by atoms with van der Waals surface area (Å²) in [5.74, 6) is -2.67. The molecule has 6 N–H and O–H groups in total. The number of primary amides is 1. The van der Waals surface area contributed by atoms with E-state index >= 15 is 0 Å². The Labute approximate surface area is 152 Å². The number of hydrogen-bond acceptors (Lipinski definition) is 5. The van der Waals surface area contributed by atoms with Crippen molar-refractivity contribution in [3.63, 3.8) is 0 Å². The van der Waals surface area contributed by atoms with E-state index in [0.717, 1.165) is 12.0 Å². The molecular weight excluding hydrogens is 373 g/mol. The van der Waals surface area contributed by atoms with Crippen LogP contribution in [0.1, 0.15) is 25.0 Å². The molecule has 2 unspecified atom stereocenters. The Balaban J connectivity index is 0.000000412. The van der Waals surface area contributed by atoms with Crippen molar-refractivity contribution in [1.82, 2.24) is 0 Å². The van der Waals surface area contributed by atoms with Gasteiger partial charge < -0.3 is 26.5 Å². The Bertz CT molecular complexity index is 680. The number of phenolic OH excluding ortho intramolecular Hbond substituents is 1. The SMILES string of the molecule is CC1(C)c2cc(O)ccc2CC(SCC(N)=O)C1[NH3+].O=C([O-])C(F)(F)F. The third-order valence-corrected chi connectivity index (χ3v) is 5.63. The number of nitrogens with two attached hydrogens (primary N) is 1. The highest BCUT2D eigenvalue weighted by Crippen LogP contribution is 2.40. The molecule has 0 bridgehead atoms. The zero-order valence-electron chi connectivity index (χ0n) is 14.3. The third kappa shape index (κ3) is 5.53. The van der Waals surface area contributed by atoms with Crippen LogP contribution in [0.2, 0.25) is 0 Å². The zero-order chi connectivity index (χ0) is 20.3. The highest BCUT2D eigenvalue weighted by Gasteiger charge is 2.43. The molecule has 0 heterocycles. The van der Waals surface area contributed by atoms with Gasteiger partial charge in [0.25, 0.3) is 0 Å². The van der Waals surface area contributed by atoms with E-state index in [1.165, 1.54) is 5.56 Å². The molecule has 6 nitrogen and oxygen atoms in total. The largest absolute Gasteiger partial charge is 0.542 e. The molecule has 26 heavy (non-hydrogen) atoms. The molecule has 0 radical (unpaired) electrons. The van der Waals surface area contributed by atoms with E-state index in [-0.39, 0.29) is 22.6 Å². The summed E-state index contributed by atoms with van der Waals surface area (Å²) in [5, 5.41) is 18.7. The van der Waals surface area contributed by atoms with Crippen molar-refractivity contribution in [3.8, 4) is 5.75 Å². The van der Waals surface area contributed by atoms with E-state index in [4.69, 9.17) is 15.6 Å². The Hall–Kier alpha value is -1.94. The van der Waals surface area contributed by atoms with Crippen molar-refractivity contribution in [3.05, 3.63) is 29.3 Å². The van der Waals surface area contributed by atoms with E-state index in [0.29, 0.717) is 11.5 Å². The number of hydrogen-bond donors (Lipinski definition) is 3. The molecule has 1 aromatic rings. The number of alkyl halides is 3. The van der Waals surface area contributed by atoms with Crippen LogP contribution in [0.4, 0.5) is 13.2 Å². The van der Waals surface area contributed by atoms with E-state index < -0.39 is 12.1 Å². The number of amides is 1. The highest BCUT2D eigenvalue weighted by molar-refractivity contribution is 8.00. The lowest BCUT2D eigenvalue weighted by Gasteiger charge is -2.40. The molecule has 0 saturated heterocycles. The lowest BCUT2D eigenvalue weighted by molar-refractivity contribution is -0.435. The van der Waals surface area contributed by atoms with E-state index in [2.05, 4.69) is 19.6 Å². The van der Waals surface area contributed by atoms with Crippen LogP contribution in [-0.4, -0.2) is 40.2 Å². The second kappa shape index (κ2) is 8.17. The summed E-state index contributed by atoms with van der Waals surface area (Å²) in [4.78, 5) is 19.7. The summed E-state index contributed by atoms with van der Waals surface area (Å²) in [7, 11) is 0. The van der Waals surface area contributed by atoms with E-state index in [1.54, 1.807) is 17.8 Å². The number of carbonyl (C=O) groups excluding carboxylic acids is 2. The van der Waals surface area contributed by atoms with Crippen LogP contribution in [0.25, 0.3) is 0 Å². The summed E-state index contributed by atoms with van der Waals surface area (Å²) in [5.41, 5.74) is 11.8. The molecule has 1 aliphatic rings. The average Bonchev–Trinajstić information content (AvgIpc) is 2.50. The van der Waals surface area contributed by atoms with Crippen LogP contribution in [0.3, 0.4) is 0 Å². The minimum Gasteiger partial charge on any atom is -0.542 e. The topological polar surface area (TPSA) is 131 Å². The van der Waals surface area contributed by atoms with Crippen molar-refractivity contribution in [2.24, 2.45) is 5.73 Å². The summed E-state index contributed by atoms with van der Waals surface area (Å²) in [6.45, 7) is 4.28. The van der Waals surface area contributed by atoms with Crippen LogP contribution in [-0.2, 0) is 21.4 Å². The molecule has 1 aliphatic carbocycles. The predicted molar refractivity (Wildman–Crippen MR) is 88.0 cm³/mol. The average molecular weight is 394 g/mol. The number of quaternary nitrogens is 1. The number of phenols is 1. The maximum absolute atomic E-state index is 10.9. The molecule has 1 aromatic carbocycles. The number of rotatable bonds is 3. The number of carboxylic acids is 1. The van der Waals surface area contributed by atoms with Gasteiger partial charge in [-0.3, -0.25) is 4.79 Å². The normalized spacial score (nSPS) is 21.2. The number of fused-ring (bicyclic) bond motifs is 1. The van der Waals surface area contributed by atoms with Gasteiger partial charge in [0.15, 0.2) is 0 Å². The second-order valence-electron chi connectivity index (χ2n) is 6.47. The Morgan fingerprint density at radius 1 is 1.42 bits per heavy atom. The standard InChI is InChI=1S/C14H20N2O2S.C2HF3O2/c1-14(2)10-6-9(17)4-3-8(10)5-11(13(14)16)19-7-12(15)18;3-2(4,5)1(6)7/h3-4,6,11,13,17H,5,7,16H2,1-2H3,(H2,15,18);(H,6,7). The van der Waals surface area contributed by atoms with Gasteiger partial charge in [0.1, 0.15) is 17.8 Å². The molecule has 1 amide bonds. The first kappa shape index (κ1) is 22.1. The van der Waals surface area contributed by atoms with Gasteiger partial charge >= 0.3 is 6.18 Å². The zero-order valence-corrected chi connectivity index (χ0v) is 15.1. The highest BCUT2D eigenvalue weighted by atomic mass is 32.2. The Morgan fingerprint density at radius 2 is 1.96 bits per heavy atom. The van der Waals surface area contributed by atoms with Crippen LogP contribution in [0.15, 0.2) is 18.2 Å². The molecule has 146 valence electrons. The van der Waals surface area contributed by atoms with Crippen molar-refractivity contribution in [1.29, 1.82) is 0 Å². The van der Waals surface area contributed by atoms with Crippen molar-refractivity contribution in [2.45, 2.75) is 43.2 Å². The van der Waals surface area contributed by atoms with E-state index in [9.17, 15) is 23.1 Å². The fourth-order valence-electron chi connectivity index (χ4n) is 2.73. The summed E-state index contributed by atoms with van der Waals surface area (Å²) >= 11 is 1.58. The number of aromatic hydroxyl groups is 1. The van der Waals surface area contributed by atoms with Gasteiger partial charge in [-0.15, -0.1) is 11.8 Å². The lowest BCUT2D eigenvalue weighted by Crippen LogP contribution is -2.74. The monoisotopic (exact) mass is 394 g/mol. The number of aliphatic carboxylic acids is 1. The maximum atomic E-state index is 10.9. The lowest BCUT2D eigenvalue weighted by atomic mass is 9.69. The molecule has 0 fully saturated rings. The van der Waals surface area contributed by atoms with Gasteiger partial charge in [-0.05, 0) is 29.7 Å². The summed E-state index contributed by atoms with van der Waals surface area (Å²) in [6.07, 6.45) is -4.33. The number of carboxylic acid groups (broad SMARTS) is 1. The first-order chi connectivity index (χ1) is 11.8. The number of thioether (sulfide) groups is 1. The van der Waals surface area contributed by atoms with Crippen LogP contribution >= 0.6 is 11.8 Å². The quantitative estimate of drug-likeness (QED) is 0.649. The van der Waals surface area contributed by atoms with Gasteiger partial charge in [0.2, 0.25) is 5.91 Å². The second-order valence-corrected chi connectivity index (χ2v) is 7.70. The summed E-state index contributed by atoms with van der Waals surface area (Å²) in [6, 6.07) is 5.69.